The lowest BCUT2D eigenvalue weighted by molar-refractivity contribution is 0.0939. The molecule has 118 valence electrons. The fourth-order valence-electron chi connectivity index (χ4n) is 1.63. The standard InChI is InChI=1S/C14H22N2O4S/c1-6-10(2)15-14(17)11-7-8-12(20-5)13(9-11)21(18,19)16(3)4/h7-10H,6H2,1-5H3,(H,15,17)/t10-/m0/s1. The highest BCUT2D eigenvalue weighted by molar-refractivity contribution is 7.89. The molecule has 0 fully saturated rings. The summed E-state index contributed by atoms with van der Waals surface area (Å²) in [4.78, 5) is 12.1. The number of amides is 1. The Bertz CT molecular complexity index is 611. The van der Waals surface area contributed by atoms with Crippen LogP contribution >= 0.6 is 0 Å². The van der Waals surface area contributed by atoms with Crippen molar-refractivity contribution in [3.05, 3.63) is 23.8 Å². The first-order chi connectivity index (χ1) is 9.73. The molecule has 0 aliphatic heterocycles. The van der Waals surface area contributed by atoms with Gasteiger partial charge >= 0.3 is 0 Å². The number of ether oxygens (including phenoxy) is 1. The molecule has 1 atom stereocenters. The van der Waals surface area contributed by atoms with Crippen molar-refractivity contribution in [2.24, 2.45) is 0 Å². The van der Waals surface area contributed by atoms with Crippen LogP contribution in [0.25, 0.3) is 0 Å². The van der Waals surface area contributed by atoms with Crippen LogP contribution in [0.1, 0.15) is 30.6 Å². The molecule has 1 amide bonds. The first-order valence-corrected chi connectivity index (χ1v) is 8.09. The summed E-state index contributed by atoms with van der Waals surface area (Å²) in [6.07, 6.45) is 0.796. The minimum absolute atomic E-state index is 0.0215. The lowest BCUT2D eigenvalue weighted by Crippen LogP contribution is -2.32. The molecule has 0 saturated carbocycles. The van der Waals surface area contributed by atoms with Gasteiger partial charge in [-0.15, -0.1) is 0 Å². The van der Waals surface area contributed by atoms with Gasteiger partial charge in [0.1, 0.15) is 10.6 Å². The molecule has 0 unspecified atom stereocenters. The zero-order chi connectivity index (χ0) is 16.2. The van der Waals surface area contributed by atoms with Crippen molar-refractivity contribution in [2.75, 3.05) is 21.2 Å². The van der Waals surface area contributed by atoms with Crippen LogP contribution in [0.15, 0.2) is 23.1 Å². The molecule has 21 heavy (non-hydrogen) atoms. The molecule has 1 aromatic rings. The number of sulfonamides is 1. The molecule has 1 aromatic carbocycles. The Hall–Kier alpha value is -1.60. The number of hydrogen-bond donors (Lipinski definition) is 1. The second-order valence-electron chi connectivity index (χ2n) is 4.94. The number of nitrogens with one attached hydrogen (secondary N) is 1. The summed E-state index contributed by atoms with van der Waals surface area (Å²) in [6.45, 7) is 3.85. The Morgan fingerprint density at radius 2 is 2.00 bits per heavy atom. The maximum atomic E-state index is 12.3. The smallest absolute Gasteiger partial charge is 0.251 e. The minimum Gasteiger partial charge on any atom is -0.495 e. The van der Waals surface area contributed by atoms with E-state index < -0.39 is 10.0 Å². The summed E-state index contributed by atoms with van der Waals surface area (Å²) in [5.74, 6) is -0.0917. The lowest BCUT2D eigenvalue weighted by Gasteiger charge is -2.16. The molecule has 1 N–H and O–H groups in total. The minimum atomic E-state index is -3.68. The molecule has 1 rings (SSSR count). The average Bonchev–Trinajstić information content (AvgIpc) is 2.45. The fraction of sp³-hybridized carbons (Fsp3) is 0.500. The SMILES string of the molecule is CC[C@H](C)NC(=O)c1ccc(OC)c(S(=O)(=O)N(C)C)c1. The first kappa shape index (κ1) is 17.5. The second-order valence-corrected chi connectivity index (χ2v) is 7.06. The van der Waals surface area contributed by atoms with Crippen molar-refractivity contribution in [2.45, 2.75) is 31.2 Å². The number of rotatable bonds is 6. The van der Waals surface area contributed by atoms with Crippen molar-refractivity contribution in [3.8, 4) is 5.75 Å². The van der Waals surface area contributed by atoms with Gasteiger partial charge in [-0.1, -0.05) is 6.92 Å². The van der Waals surface area contributed by atoms with Crippen molar-refractivity contribution >= 4 is 15.9 Å². The molecular weight excluding hydrogens is 292 g/mol. The van der Waals surface area contributed by atoms with Crippen molar-refractivity contribution < 1.29 is 17.9 Å². The highest BCUT2D eigenvalue weighted by Gasteiger charge is 2.24. The highest BCUT2D eigenvalue weighted by atomic mass is 32.2. The van der Waals surface area contributed by atoms with Crippen LogP contribution in [0.5, 0.6) is 5.75 Å². The van der Waals surface area contributed by atoms with E-state index in [1.165, 1.54) is 33.3 Å². The van der Waals surface area contributed by atoms with Crippen LogP contribution in [-0.2, 0) is 10.0 Å². The number of hydrogen-bond acceptors (Lipinski definition) is 4. The van der Waals surface area contributed by atoms with Gasteiger partial charge in [0.2, 0.25) is 10.0 Å². The zero-order valence-corrected chi connectivity index (χ0v) is 13.8. The molecule has 0 heterocycles. The quantitative estimate of drug-likeness (QED) is 0.863. The molecule has 0 aromatic heterocycles. The predicted molar refractivity (Wildman–Crippen MR) is 81.1 cm³/mol. The van der Waals surface area contributed by atoms with Gasteiger partial charge in [0.25, 0.3) is 5.91 Å². The van der Waals surface area contributed by atoms with E-state index in [9.17, 15) is 13.2 Å². The summed E-state index contributed by atoms with van der Waals surface area (Å²) >= 11 is 0. The maximum Gasteiger partial charge on any atom is 0.251 e. The van der Waals surface area contributed by atoms with E-state index in [1.807, 2.05) is 13.8 Å². The molecular formula is C14H22N2O4S. The van der Waals surface area contributed by atoms with Gasteiger partial charge in [0.05, 0.1) is 7.11 Å². The van der Waals surface area contributed by atoms with Gasteiger partial charge in [-0.05, 0) is 31.5 Å². The van der Waals surface area contributed by atoms with Crippen molar-refractivity contribution in [1.82, 2.24) is 9.62 Å². The van der Waals surface area contributed by atoms with E-state index in [1.54, 1.807) is 6.07 Å². The normalized spacial score (nSPS) is 13.0. The monoisotopic (exact) mass is 314 g/mol. The Labute approximate surface area is 126 Å². The molecule has 0 radical (unpaired) electrons. The third kappa shape index (κ3) is 3.95. The predicted octanol–water partition coefficient (Wildman–Crippen LogP) is 1.47. The summed E-state index contributed by atoms with van der Waals surface area (Å²) in [5.41, 5.74) is 0.288. The number of benzene rings is 1. The third-order valence-corrected chi connectivity index (χ3v) is 5.01. The van der Waals surface area contributed by atoms with Crippen LogP contribution in [-0.4, -0.2) is 45.9 Å². The molecule has 0 saturated heterocycles. The fourth-order valence-corrected chi connectivity index (χ4v) is 2.70. The second kappa shape index (κ2) is 6.91. The Morgan fingerprint density at radius 1 is 1.38 bits per heavy atom. The van der Waals surface area contributed by atoms with E-state index >= 15 is 0 Å². The van der Waals surface area contributed by atoms with Gasteiger partial charge in [-0.3, -0.25) is 4.79 Å². The summed E-state index contributed by atoms with van der Waals surface area (Å²) < 4.78 is 30.7. The lowest BCUT2D eigenvalue weighted by atomic mass is 10.2. The van der Waals surface area contributed by atoms with Crippen LogP contribution in [0.2, 0.25) is 0 Å². The largest absolute Gasteiger partial charge is 0.495 e. The van der Waals surface area contributed by atoms with Gasteiger partial charge in [0, 0.05) is 25.7 Å². The van der Waals surface area contributed by atoms with Crippen LogP contribution in [0.3, 0.4) is 0 Å². The molecule has 0 spiro atoms. The van der Waals surface area contributed by atoms with Gasteiger partial charge in [-0.2, -0.15) is 0 Å². The summed E-state index contributed by atoms with van der Waals surface area (Å²) in [5, 5.41) is 2.80. The van der Waals surface area contributed by atoms with E-state index in [4.69, 9.17) is 4.74 Å². The van der Waals surface area contributed by atoms with Crippen LogP contribution in [0, 0.1) is 0 Å². The summed E-state index contributed by atoms with van der Waals surface area (Å²) in [7, 11) is 0.573. The maximum absolute atomic E-state index is 12.3. The highest BCUT2D eigenvalue weighted by Crippen LogP contribution is 2.26. The Kier molecular flexibility index (Phi) is 5.74. The van der Waals surface area contributed by atoms with Gasteiger partial charge in [0.15, 0.2) is 0 Å². The van der Waals surface area contributed by atoms with Crippen molar-refractivity contribution in [3.63, 3.8) is 0 Å². The van der Waals surface area contributed by atoms with Gasteiger partial charge in [-0.25, -0.2) is 12.7 Å². The van der Waals surface area contributed by atoms with Crippen LogP contribution < -0.4 is 10.1 Å². The molecule has 0 bridgehead atoms. The van der Waals surface area contributed by atoms with E-state index in [2.05, 4.69) is 5.32 Å². The number of methoxy groups -OCH3 is 1. The van der Waals surface area contributed by atoms with E-state index in [0.717, 1.165) is 10.7 Å². The average molecular weight is 314 g/mol. The van der Waals surface area contributed by atoms with E-state index in [0.29, 0.717) is 0 Å². The third-order valence-electron chi connectivity index (χ3n) is 3.17. The molecule has 6 nitrogen and oxygen atoms in total. The molecule has 0 aliphatic carbocycles. The Morgan fingerprint density at radius 3 is 2.48 bits per heavy atom. The topological polar surface area (TPSA) is 75.7 Å². The number of carbonyl (C=O) groups is 1. The first-order valence-electron chi connectivity index (χ1n) is 6.65. The van der Waals surface area contributed by atoms with Gasteiger partial charge < -0.3 is 10.1 Å². The zero-order valence-electron chi connectivity index (χ0n) is 13.0. The number of carbonyl (C=O) groups excluding carboxylic acids is 1. The summed E-state index contributed by atoms with van der Waals surface area (Å²) in [6, 6.07) is 4.40. The molecule has 7 heteroatoms. The Balaban J connectivity index is 3.26. The van der Waals surface area contributed by atoms with Crippen molar-refractivity contribution in [1.29, 1.82) is 0 Å². The van der Waals surface area contributed by atoms with Crippen LogP contribution in [0.4, 0.5) is 0 Å². The van der Waals surface area contributed by atoms with E-state index in [-0.39, 0.29) is 28.2 Å². The molecule has 0 aliphatic rings. The number of nitrogens with zero attached hydrogens (tertiary/aromatic N) is 1.